The molecule has 0 spiro atoms. The Balaban J connectivity index is 1.63. The lowest BCUT2D eigenvalue weighted by atomic mass is 9.94. The molecule has 1 atom stereocenters. The summed E-state index contributed by atoms with van der Waals surface area (Å²) in [7, 11) is 2.80. The summed E-state index contributed by atoms with van der Waals surface area (Å²) in [4.78, 5) is 46.0. The maximum Gasteiger partial charge on any atom is 0.337 e. The molecule has 0 fully saturated rings. The van der Waals surface area contributed by atoms with E-state index in [9.17, 15) is 19.5 Å². The molecule has 0 saturated heterocycles. The number of aliphatic hydroxyl groups excluding tert-OH is 1. The minimum Gasteiger partial charge on any atom is -0.503 e. The lowest BCUT2D eigenvalue weighted by Crippen LogP contribution is -2.31. The van der Waals surface area contributed by atoms with Crippen LogP contribution in [-0.4, -0.2) is 42.0 Å². The number of aliphatic hydroxyl groups is 1. The summed E-state index contributed by atoms with van der Waals surface area (Å²) in [5, 5.41) is 11.8. The number of carbonyl (C=O) groups excluding carboxylic acids is 3. The minimum atomic E-state index is -0.967. The third-order valence-electron chi connectivity index (χ3n) is 6.45. The fraction of sp³-hybridized carbons (Fsp3) is 0.133. The highest BCUT2D eigenvalue weighted by atomic mass is 32.1. The number of esters is 1. The van der Waals surface area contributed by atoms with Crippen molar-refractivity contribution >= 4 is 34.7 Å². The molecule has 196 valence electrons. The van der Waals surface area contributed by atoms with Gasteiger partial charge in [-0.2, -0.15) is 0 Å². The van der Waals surface area contributed by atoms with Crippen LogP contribution in [0.3, 0.4) is 0 Å². The summed E-state index contributed by atoms with van der Waals surface area (Å²) < 4.78 is 10.1. The Labute approximate surface area is 228 Å². The van der Waals surface area contributed by atoms with Crippen molar-refractivity contribution < 1.29 is 29.0 Å². The van der Waals surface area contributed by atoms with Crippen LogP contribution in [0.4, 0.5) is 5.69 Å². The monoisotopic (exact) mass is 540 g/mol. The number of methoxy groups -OCH3 is 2. The Hall–Kier alpha value is -4.76. The molecule has 0 saturated carbocycles. The van der Waals surface area contributed by atoms with Crippen molar-refractivity contribution in [2.75, 3.05) is 19.1 Å². The van der Waals surface area contributed by atoms with Gasteiger partial charge in [-0.25, -0.2) is 9.78 Å². The number of nitrogens with zero attached hydrogens (tertiary/aromatic N) is 2. The molecular formula is C30H24N2O6S. The number of aromatic nitrogens is 1. The van der Waals surface area contributed by atoms with Gasteiger partial charge < -0.3 is 14.6 Å². The molecule has 1 aliphatic heterocycles. The van der Waals surface area contributed by atoms with Crippen LogP contribution in [0, 0.1) is 6.92 Å². The lowest BCUT2D eigenvalue weighted by molar-refractivity contribution is -0.117. The van der Waals surface area contributed by atoms with Crippen molar-refractivity contribution in [1.82, 2.24) is 4.98 Å². The molecule has 5 rings (SSSR count). The quantitative estimate of drug-likeness (QED) is 0.237. The molecule has 0 bridgehead atoms. The van der Waals surface area contributed by atoms with Crippen LogP contribution in [0.15, 0.2) is 90.2 Å². The van der Waals surface area contributed by atoms with E-state index in [2.05, 4.69) is 4.98 Å². The van der Waals surface area contributed by atoms with Crippen molar-refractivity contribution in [2.45, 2.75) is 13.0 Å². The van der Waals surface area contributed by atoms with Crippen LogP contribution < -0.4 is 9.64 Å². The Morgan fingerprint density at radius 3 is 2.36 bits per heavy atom. The predicted octanol–water partition coefficient (Wildman–Crippen LogP) is 5.70. The second-order valence-corrected chi connectivity index (χ2v) is 9.78. The number of Topliss-reactive ketones (excluding diaryl/α,β-unsaturated/α-hetero) is 1. The highest BCUT2D eigenvalue weighted by molar-refractivity contribution is 7.17. The van der Waals surface area contributed by atoms with E-state index in [-0.39, 0.29) is 11.1 Å². The maximum absolute atomic E-state index is 14.0. The number of hydrogen-bond donors (Lipinski definition) is 1. The zero-order valence-corrected chi connectivity index (χ0v) is 22.2. The molecule has 39 heavy (non-hydrogen) atoms. The molecular weight excluding hydrogens is 516 g/mol. The van der Waals surface area contributed by atoms with Crippen molar-refractivity contribution in [1.29, 1.82) is 0 Å². The summed E-state index contributed by atoms with van der Waals surface area (Å²) >= 11 is 1.20. The third kappa shape index (κ3) is 4.68. The average Bonchev–Trinajstić information content (AvgIpc) is 3.49. The first kappa shape index (κ1) is 25.9. The molecule has 1 aromatic heterocycles. The summed E-state index contributed by atoms with van der Waals surface area (Å²) in [6.07, 6.45) is 0. The lowest BCUT2D eigenvalue weighted by Gasteiger charge is -2.27. The largest absolute Gasteiger partial charge is 0.503 e. The molecule has 2 heterocycles. The Bertz CT molecular complexity index is 1610. The number of benzene rings is 3. The van der Waals surface area contributed by atoms with Gasteiger partial charge in [-0.3, -0.25) is 14.5 Å². The molecule has 1 amide bonds. The Kier molecular flexibility index (Phi) is 7.00. The van der Waals surface area contributed by atoms with Gasteiger partial charge in [-0.1, -0.05) is 48.5 Å². The highest BCUT2D eigenvalue weighted by Crippen LogP contribution is 2.43. The second-order valence-electron chi connectivity index (χ2n) is 8.78. The van der Waals surface area contributed by atoms with Crippen LogP contribution >= 0.6 is 11.3 Å². The van der Waals surface area contributed by atoms with Gasteiger partial charge in [0.1, 0.15) is 10.8 Å². The first-order chi connectivity index (χ1) is 18.8. The smallest absolute Gasteiger partial charge is 0.337 e. The van der Waals surface area contributed by atoms with E-state index in [1.54, 1.807) is 49.4 Å². The number of aryl methyl sites for hydroxylation is 1. The van der Waals surface area contributed by atoms with Crippen LogP contribution in [0.5, 0.6) is 5.75 Å². The molecule has 8 nitrogen and oxygen atoms in total. The number of hydrogen-bond acceptors (Lipinski definition) is 8. The fourth-order valence-corrected chi connectivity index (χ4v) is 5.57. The van der Waals surface area contributed by atoms with Gasteiger partial charge in [-0.05, 0) is 42.8 Å². The minimum absolute atomic E-state index is 0.0694. The Morgan fingerprint density at radius 1 is 0.974 bits per heavy atom. The maximum atomic E-state index is 14.0. The number of ether oxygens (including phenoxy) is 2. The highest BCUT2D eigenvalue weighted by Gasteiger charge is 2.45. The normalized spacial score (nSPS) is 15.0. The van der Waals surface area contributed by atoms with Gasteiger partial charge in [0.25, 0.3) is 5.91 Å². The van der Waals surface area contributed by atoms with Crippen molar-refractivity contribution in [3.63, 3.8) is 0 Å². The summed E-state index contributed by atoms with van der Waals surface area (Å²) in [5.74, 6) is -1.89. The zero-order valence-electron chi connectivity index (χ0n) is 21.4. The van der Waals surface area contributed by atoms with Crippen molar-refractivity contribution in [2.24, 2.45) is 0 Å². The van der Waals surface area contributed by atoms with Crippen molar-refractivity contribution in [3.05, 3.63) is 112 Å². The van der Waals surface area contributed by atoms with Crippen molar-refractivity contribution in [3.8, 4) is 16.3 Å². The molecule has 0 radical (unpaired) electrons. The average molecular weight is 541 g/mol. The van der Waals surface area contributed by atoms with Crippen LogP contribution in [0.1, 0.15) is 37.3 Å². The van der Waals surface area contributed by atoms with Gasteiger partial charge in [0.05, 0.1) is 42.0 Å². The summed E-state index contributed by atoms with van der Waals surface area (Å²) in [5.41, 5.74) is 2.41. The Morgan fingerprint density at radius 2 is 1.69 bits per heavy atom. The molecule has 4 aromatic rings. The third-order valence-corrected chi connectivity index (χ3v) is 7.66. The number of thiazole rings is 1. The number of amides is 1. The topological polar surface area (TPSA) is 106 Å². The molecule has 1 aliphatic rings. The zero-order chi connectivity index (χ0) is 27.7. The number of rotatable bonds is 7. The van der Waals surface area contributed by atoms with Gasteiger partial charge in [0.2, 0.25) is 5.78 Å². The van der Waals surface area contributed by atoms with E-state index in [1.165, 1.54) is 36.5 Å². The molecule has 1 unspecified atom stereocenters. The number of ketones is 1. The number of carbonyl (C=O) groups is 3. The standard InChI is InChI=1S/C30H24N2O6S/c1-17-27(39-28(31-17)19-8-5-4-6-9-19)25(33)23-24(18-12-14-22(37-2)15-13-18)32(29(35)26(23)34)21-11-7-10-20(16-21)30(36)38-3/h4-16,24,34H,1-3H3. The number of anilines is 1. The van der Waals surface area contributed by atoms with E-state index in [4.69, 9.17) is 9.47 Å². The van der Waals surface area contributed by atoms with E-state index in [0.717, 1.165) is 5.56 Å². The molecule has 0 aliphatic carbocycles. The van der Waals surface area contributed by atoms with Crippen LogP contribution in [0.2, 0.25) is 0 Å². The van der Waals surface area contributed by atoms with E-state index in [1.807, 2.05) is 30.3 Å². The van der Waals surface area contributed by atoms with E-state index < -0.39 is 29.5 Å². The van der Waals surface area contributed by atoms with Crippen LogP contribution in [-0.2, 0) is 9.53 Å². The van der Waals surface area contributed by atoms with Crippen LogP contribution in [0.25, 0.3) is 10.6 Å². The summed E-state index contributed by atoms with van der Waals surface area (Å²) in [6.45, 7) is 1.73. The van der Waals surface area contributed by atoms with E-state index >= 15 is 0 Å². The fourth-order valence-electron chi connectivity index (χ4n) is 4.54. The first-order valence-electron chi connectivity index (χ1n) is 12.0. The van der Waals surface area contributed by atoms with Gasteiger partial charge in [0.15, 0.2) is 5.76 Å². The first-order valence-corrected chi connectivity index (χ1v) is 12.8. The van der Waals surface area contributed by atoms with Gasteiger partial charge in [0, 0.05) is 11.3 Å². The van der Waals surface area contributed by atoms with Gasteiger partial charge >= 0.3 is 5.97 Å². The molecule has 1 N–H and O–H groups in total. The molecule has 9 heteroatoms. The van der Waals surface area contributed by atoms with Gasteiger partial charge in [-0.15, -0.1) is 11.3 Å². The second kappa shape index (κ2) is 10.5. The summed E-state index contributed by atoms with van der Waals surface area (Å²) in [6, 6.07) is 21.7. The predicted molar refractivity (Wildman–Crippen MR) is 147 cm³/mol. The van der Waals surface area contributed by atoms with E-state index in [0.29, 0.717) is 32.6 Å². The molecule has 3 aromatic carbocycles. The SMILES string of the molecule is COC(=O)c1cccc(N2C(=O)C(O)=C(C(=O)c3sc(-c4ccccc4)nc3C)C2c2ccc(OC)cc2)c1.